The van der Waals surface area contributed by atoms with Gasteiger partial charge in [-0.15, -0.1) is 11.3 Å². The Hall–Kier alpha value is -1.48. The predicted octanol–water partition coefficient (Wildman–Crippen LogP) is 2.19. The molecule has 2 heterocycles. The van der Waals surface area contributed by atoms with E-state index in [4.69, 9.17) is 10.5 Å². The SMILES string of the molecule is COC(=O)c1sc2ccccc2c1S(=O)(=O)N1CCCCC1CN. The zero-order chi connectivity index (χ0) is 17.3. The maximum atomic E-state index is 13.3. The molecule has 8 heteroatoms. The minimum atomic E-state index is -3.83. The number of carbonyl (C=O) groups is 1. The van der Waals surface area contributed by atoms with E-state index in [0.29, 0.717) is 11.9 Å². The number of ether oxygens (including phenoxy) is 1. The molecule has 1 aromatic heterocycles. The number of fused-ring (bicyclic) bond motifs is 1. The number of esters is 1. The number of methoxy groups -OCH3 is 1. The van der Waals surface area contributed by atoms with Crippen molar-refractivity contribution in [3.05, 3.63) is 29.1 Å². The average molecular weight is 368 g/mol. The Morgan fingerprint density at radius 3 is 2.83 bits per heavy atom. The summed E-state index contributed by atoms with van der Waals surface area (Å²) in [5.74, 6) is -0.629. The molecule has 0 amide bonds. The van der Waals surface area contributed by atoms with Gasteiger partial charge in [-0.2, -0.15) is 4.31 Å². The molecule has 130 valence electrons. The highest BCUT2D eigenvalue weighted by Gasteiger charge is 2.37. The van der Waals surface area contributed by atoms with Gasteiger partial charge in [-0.25, -0.2) is 13.2 Å². The first-order valence-corrected chi connectivity index (χ1v) is 10.1. The summed E-state index contributed by atoms with van der Waals surface area (Å²) >= 11 is 1.14. The molecule has 0 radical (unpaired) electrons. The van der Waals surface area contributed by atoms with Gasteiger partial charge in [-0.05, 0) is 18.9 Å². The summed E-state index contributed by atoms with van der Waals surface area (Å²) in [5.41, 5.74) is 5.79. The third-order valence-corrected chi connectivity index (χ3v) is 7.65. The van der Waals surface area contributed by atoms with Gasteiger partial charge >= 0.3 is 5.97 Å². The molecule has 1 aliphatic rings. The van der Waals surface area contributed by atoms with Crippen LogP contribution >= 0.6 is 11.3 Å². The molecule has 24 heavy (non-hydrogen) atoms. The van der Waals surface area contributed by atoms with Gasteiger partial charge in [-0.1, -0.05) is 24.6 Å². The van der Waals surface area contributed by atoms with Gasteiger partial charge in [0.1, 0.15) is 9.77 Å². The van der Waals surface area contributed by atoms with Gasteiger partial charge in [0.05, 0.1) is 7.11 Å². The zero-order valence-electron chi connectivity index (χ0n) is 13.4. The summed E-state index contributed by atoms with van der Waals surface area (Å²) in [6, 6.07) is 6.90. The summed E-state index contributed by atoms with van der Waals surface area (Å²) in [5, 5.41) is 0.559. The molecule has 3 rings (SSSR count). The number of thiophene rings is 1. The summed E-state index contributed by atoms with van der Waals surface area (Å²) in [6.45, 7) is 0.698. The molecule has 6 nitrogen and oxygen atoms in total. The third kappa shape index (κ3) is 2.83. The topological polar surface area (TPSA) is 89.7 Å². The molecule has 1 atom stereocenters. The zero-order valence-corrected chi connectivity index (χ0v) is 15.0. The van der Waals surface area contributed by atoms with Crippen molar-refractivity contribution in [2.24, 2.45) is 5.73 Å². The molecule has 0 bridgehead atoms. The van der Waals surface area contributed by atoms with E-state index < -0.39 is 16.0 Å². The lowest BCUT2D eigenvalue weighted by molar-refractivity contribution is 0.0602. The first kappa shape index (κ1) is 17.3. The number of hydrogen-bond donors (Lipinski definition) is 1. The maximum absolute atomic E-state index is 13.3. The molecule has 1 aliphatic heterocycles. The molecular weight excluding hydrogens is 348 g/mol. The van der Waals surface area contributed by atoms with Crippen molar-refractivity contribution in [1.29, 1.82) is 0 Å². The van der Waals surface area contributed by atoms with E-state index >= 15 is 0 Å². The molecule has 0 saturated carbocycles. The smallest absolute Gasteiger partial charge is 0.349 e. The second-order valence-corrected chi connectivity index (χ2v) is 8.63. The number of benzene rings is 1. The summed E-state index contributed by atoms with van der Waals surface area (Å²) < 4.78 is 33.7. The normalized spacial score (nSPS) is 19.5. The highest BCUT2D eigenvalue weighted by Crippen LogP contribution is 2.38. The molecule has 0 aliphatic carbocycles. The van der Waals surface area contributed by atoms with Crippen molar-refractivity contribution in [1.82, 2.24) is 4.31 Å². The minimum absolute atomic E-state index is 0.0512. The van der Waals surface area contributed by atoms with Crippen molar-refractivity contribution in [2.45, 2.75) is 30.2 Å². The van der Waals surface area contributed by atoms with E-state index in [0.717, 1.165) is 35.3 Å². The number of hydrogen-bond acceptors (Lipinski definition) is 6. The van der Waals surface area contributed by atoms with Crippen LogP contribution in [-0.2, 0) is 14.8 Å². The lowest BCUT2D eigenvalue weighted by atomic mass is 10.1. The number of piperidine rings is 1. The lowest BCUT2D eigenvalue weighted by Gasteiger charge is -2.33. The van der Waals surface area contributed by atoms with Crippen molar-refractivity contribution in [3.8, 4) is 0 Å². The van der Waals surface area contributed by atoms with Gasteiger partial charge in [0.25, 0.3) is 0 Å². The van der Waals surface area contributed by atoms with Gasteiger partial charge < -0.3 is 10.5 Å². The Bertz CT molecular complexity index is 860. The Labute approximate surface area is 145 Å². The Kier molecular flexibility index (Phi) is 4.91. The molecule has 1 saturated heterocycles. The number of nitrogens with zero attached hydrogens (tertiary/aromatic N) is 1. The second kappa shape index (κ2) is 6.79. The Balaban J connectivity index is 2.21. The molecule has 0 spiro atoms. The minimum Gasteiger partial charge on any atom is -0.465 e. The molecule has 1 unspecified atom stereocenters. The molecular formula is C16H20N2O4S2. The van der Waals surface area contributed by atoms with Crippen molar-refractivity contribution < 1.29 is 17.9 Å². The van der Waals surface area contributed by atoms with Crippen molar-refractivity contribution in [3.63, 3.8) is 0 Å². The van der Waals surface area contributed by atoms with Gasteiger partial charge in [0, 0.05) is 29.2 Å². The number of sulfonamides is 1. The van der Waals surface area contributed by atoms with E-state index in [1.807, 2.05) is 12.1 Å². The highest BCUT2D eigenvalue weighted by atomic mass is 32.2. The van der Waals surface area contributed by atoms with E-state index in [2.05, 4.69) is 0 Å². The number of rotatable bonds is 4. The van der Waals surface area contributed by atoms with Crippen LogP contribution in [0.5, 0.6) is 0 Å². The summed E-state index contributed by atoms with van der Waals surface area (Å²) in [7, 11) is -2.57. The second-order valence-electron chi connectivity index (χ2n) is 5.75. The maximum Gasteiger partial charge on any atom is 0.349 e. The van der Waals surface area contributed by atoms with Crippen LogP contribution in [0, 0.1) is 0 Å². The predicted molar refractivity (Wildman–Crippen MR) is 93.7 cm³/mol. The van der Waals surface area contributed by atoms with Crippen LogP contribution in [0.25, 0.3) is 10.1 Å². The van der Waals surface area contributed by atoms with E-state index in [1.54, 1.807) is 12.1 Å². The van der Waals surface area contributed by atoms with Crippen LogP contribution in [-0.4, -0.2) is 44.9 Å². The van der Waals surface area contributed by atoms with E-state index in [1.165, 1.54) is 11.4 Å². The largest absolute Gasteiger partial charge is 0.465 e. The molecule has 1 aromatic carbocycles. The fourth-order valence-corrected chi connectivity index (χ4v) is 6.63. The summed E-state index contributed by atoms with van der Waals surface area (Å²) in [6.07, 6.45) is 2.50. The molecule has 2 N–H and O–H groups in total. The number of nitrogens with two attached hydrogens (primary N) is 1. The van der Waals surface area contributed by atoms with Crippen LogP contribution in [0.2, 0.25) is 0 Å². The van der Waals surface area contributed by atoms with Gasteiger partial charge in [-0.3, -0.25) is 0 Å². The van der Waals surface area contributed by atoms with Crippen molar-refractivity contribution in [2.75, 3.05) is 20.2 Å². The molecule has 2 aromatic rings. The number of carbonyl (C=O) groups excluding carboxylic acids is 1. The highest BCUT2D eigenvalue weighted by molar-refractivity contribution is 7.89. The van der Waals surface area contributed by atoms with Crippen LogP contribution in [0.1, 0.15) is 28.9 Å². The Morgan fingerprint density at radius 1 is 1.38 bits per heavy atom. The lowest BCUT2D eigenvalue weighted by Crippen LogP contribution is -2.47. The first-order valence-electron chi connectivity index (χ1n) is 7.82. The fraction of sp³-hybridized carbons (Fsp3) is 0.438. The fourth-order valence-electron chi connectivity index (χ4n) is 3.15. The van der Waals surface area contributed by atoms with Crippen LogP contribution < -0.4 is 5.73 Å². The first-order chi connectivity index (χ1) is 11.5. The standard InChI is InChI=1S/C16H20N2O4S2/c1-22-16(19)14-15(12-7-2-3-8-13(12)23-14)24(20,21)18-9-5-4-6-11(18)10-17/h2-3,7-8,11H,4-6,9-10,17H2,1H3. The van der Waals surface area contributed by atoms with E-state index in [9.17, 15) is 13.2 Å². The van der Waals surface area contributed by atoms with Gasteiger partial charge in [0.15, 0.2) is 0 Å². The monoisotopic (exact) mass is 368 g/mol. The average Bonchev–Trinajstić information content (AvgIpc) is 3.01. The Morgan fingerprint density at radius 2 is 2.12 bits per heavy atom. The van der Waals surface area contributed by atoms with Gasteiger partial charge in [0.2, 0.25) is 10.0 Å². The van der Waals surface area contributed by atoms with Crippen molar-refractivity contribution >= 4 is 37.4 Å². The van der Waals surface area contributed by atoms with E-state index in [-0.39, 0.29) is 22.4 Å². The van der Waals surface area contributed by atoms with Crippen LogP contribution in [0.4, 0.5) is 0 Å². The van der Waals surface area contributed by atoms with Crippen LogP contribution in [0.3, 0.4) is 0 Å². The molecule has 1 fully saturated rings. The third-order valence-electron chi connectivity index (χ3n) is 4.33. The quantitative estimate of drug-likeness (QED) is 0.836. The van der Waals surface area contributed by atoms with Crippen LogP contribution in [0.15, 0.2) is 29.2 Å². The summed E-state index contributed by atoms with van der Waals surface area (Å²) in [4.78, 5) is 12.3.